The van der Waals surface area contributed by atoms with E-state index < -0.39 is 11.9 Å². The molecule has 0 bridgehead atoms. The summed E-state index contributed by atoms with van der Waals surface area (Å²) in [6.45, 7) is 0. The second-order valence-electron chi connectivity index (χ2n) is 6.17. The molecule has 0 unspecified atom stereocenters. The molecule has 3 N–H and O–H groups in total. The van der Waals surface area contributed by atoms with Crippen molar-refractivity contribution < 1.29 is 9.59 Å². The number of fused-ring (bicyclic) bond motifs is 1. The molecular weight excluding hydrogens is 290 g/mol. The van der Waals surface area contributed by atoms with Gasteiger partial charge in [-0.25, -0.2) is 0 Å². The first-order valence-electron chi connectivity index (χ1n) is 8.10. The van der Waals surface area contributed by atoms with E-state index in [0.717, 1.165) is 36.6 Å². The van der Waals surface area contributed by atoms with Crippen molar-refractivity contribution in [1.82, 2.24) is 10.3 Å². The van der Waals surface area contributed by atoms with E-state index in [1.807, 2.05) is 24.3 Å². The fourth-order valence-corrected chi connectivity index (χ4v) is 3.31. The first kappa shape index (κ1) is 15.5. The quantitative estimate of drug-likeness (QED) is 0.909. The van der Waals surface area contributed by atoms with E-state index in [2.05, 4.69) is 10.3 Å². The number of benzene rings is 1. The van der Waals surface area contributed by atoms with Gasteiger partial charge < -0.3 is 11.1 Å². The molecule has 1 atom stereocenters. The molecule has 3 rings (SSSR count). The zero-order valence-corrected chi connectivity index (χ0v) is 13.0. The Kier molecular flexibility index (Phi) is 4.55. The number of rotatable bonds is 4. The minimum absolute atomic E-state index is 0.138. The molecule has 120 valence electrons. The second kappa shape index (κ2) is 6.77. The lowest BCUT2D eigenvalue weighted by molar-refractivity contribution is -0.121. The van der Waals surface area contributed by atoms with Gasteiger partial charge in [-0.1, -0.05) is 37.5 Å². The fraction of sp³-hybridized carbons (Fsp3) is 0.389. The highest BCUT2D eigenvalue weighted by Crippen LogP contribution is 2.26. The van der Waals surface area contributed by atoms with Gasteiger partial charge in [0.1, 0.15) is 6.04 Å². The highest BCUT2D eigenvalue weighted by atomic mass is 16.2. The van der Waals surface area contributed by atoms with Crippen LogP contribution in [-0.2, 0) is 4.79 Å². The van der Waals surface area contributed by atoms with Crippen LogP contribution in [0.4, 0.5) is 0 Å². The minimum atomic E-state index is -0.603. The number of carbonyl (C=O) groups excluding carboxylic acids is 2. The fourth-order valence-electron chi connectivity index (χ4n) is 3.31. The van der Waals surface area contributed by atoms with Crippen molar-refractivity contribution in [2.75, 3.05) is 0 Å². The maximum atomic E-state index is 12.5. The Morgan fingerprint density at radius 3 is 2.65 bits per heavy atom. The summed E-state index contributed by atoms with van der Waals surface area (Å²) in [7, 11) is 0. The van der Waals surface area contributed by atoms with Gasteiger partial charge in [0, 0.05) is 11.6 Å². The van der Waals surface area contributed by atoms with Gasteiger partial charge in [-0.15, -0.1) is 0 Å². The molecule has 1 aliphatic carbocycles. The van der Waals surface area contributed by atoms with Crippen LogP contribution in [0.15, 0.2) is 36.5 Å². The summed E-state index contributed by atoms with van der Waals surface area (Å²) in [5.74, 6) is -0.616. The predicted octanol–water partition coefficient (Wildman–Crippen LogP) is 2.40. The lowest BCUT2D eigenvalue weighted by Gasteiger charge is -2.28. The summed E-state index contributed by atoms with van der Waals surface area (Å²) in [5, 5.41) is 3.71. The first-order chi connectivity index (χ1) is 11.1. The Bertz CT molecular complexity index is 723. The largest absolute Gasteiger partial charge is 0.368 e. The number of hydrogen-bond acceptors (Lipinski definition) is 3. The predicted molar refractivity (Wildman–Crippen MR) is 88.8 cm³/mol. The minimum Gasteiger partial charge on any atom is -0.368 e. The van der Waals surface area contributed by atoms with Crippen molar-refractivity contribution >= 4 is 22.7 Å². The third kappa shape index (κ3) is 3.50. The number of nitrogens with zero attached hydrogens (tertiary/aromatic N) is 1. The van der Waals surface area contributed by atoms with Gasteiger partial charge in [0.15, 0.2) is 0 Å². The lowest BCUT2D eigenvalue weighted by atomic mass is 9.83. The van der Waals surface area contributed by atoms with Gasteiger partial charge in [0.05, 0.1) is 11.1 Å². The zero-order chi connectivity index (χ0) is 16.2. The number of nitrogens with two attached hydrogens (primary N) is 1. The van der Waals surface area contributed by atoms with Gasteiger partial charge >= 0.3 is 0 Å². The number of primary amides is 1. The average molecular weight is 311 g/mol. The smallest absolute Gasteiger partial charge is 0.253 e. The van der Waals surface area contributed by atoms with Crippen molar-refractivity contribution in [1.29, 1.82) is 0 Å². The van der Waals surface area contributed by atoms with E-state index >= 15 is 0 Å². The van der Waals surface area contributed by atoms with Crippen molar-refractivity contribution in [3.05, 3.63) is 42.1 Å². The third-order valence-corrected chi connectivity index (χ3v) is 4.57. The van der Waals surface area contributed by atoms with Crippen molar-refractivity contribution in [2.45, 2.75) is 38.1 Å². The number of aromatic nitrogens is 1. The molecule has 1 heterocycles. The number of pyridine rings is 1. The van der Waals surface area contributed by atoms with Crippen LogP contribution in [-0.4, -0.2) is 22.8 Å². The number of hydrogen-bond donors (Lipinski definition) is 2. The van der Waals surface area contributed by atoms with E-state index in [1.54, 1.807) is 6.07 Å². The maximum absolute atomic E-state index is 12.5. The number of para-hydroxylation sites is 1. The summed E-state index contributed by atoms with van der Waals surface area (Å²) in [5.41, 5.74) is 6.80. The summed E-state index contributed by atoms with van der Waals surface area (Å²) in [4.78, 5) is 28.5. The van der Waals surface area contributed by atoms with Crippen LogP contribution in [0, 0.1) is 5.92 Å². The molecule has 1 aromatic heterocycles. The molecule has 1 aromatic carbocycles. The van der Waals surface area contributed by atoms with E-state index in [1.165, 1.54) is 12.6 Å². The molecular formula is C18H21N3O2. The first-order valence-corrected chi connectivity index (χ1v) is 8.10. The summed E-state index contributed by atoms with van der Waals surface area (Å²) in [6, 6.07) is 8.80. The SMILES string of the molecule is NC(=O)[C@@H](NC(=O)c1cnc2ccccc2c1)C1CCCCC1. The molecule has 1 fully saturated rings. The van der Waals surface area contributed by atoms with Gasteiger partial charge in [0.2, 0.25) is 5.91 Å². The Labute approximate surface area is 135 Å². The Morgan fingerprint density at radius 1 is 1.17 bits per heavy atom. The molecule has 2 aromatic rings. The zero-order valence-electron chi connectivity index (χ0n) is 13.0. The number of carbonyl (C=O) groups is 2. The van der Waals surface area contributed by atoms with Crippen LogP contribution in [0.1, 0.15) is 42.5 Å². The standard InChI is InChI=1S/C18H21N3O2/c19-17(22)16(12-6-2-1-3-7-12)21-18(23)14-10-13-8-4-5-9-15(13)20-11-14/h4-5,8-12,16H,1-3,6-7H2,(H2,19,22)(H,21,23)/t16-/m0/s1. The van der Waals surface area contributed by atoms with Gasteiger partial charge in [-0.3, -0.25) is 14.6 Å². The van der Waals surface area contributed by atoms with Crippen LogP contribution in [0.3, 0.4) is 0 Å². The molecule has 0 radical (unpaired) electrons. The lowest BCUT2D eigenvalue weighted by Crippen LogP contribution is -2.49. The van der Waals surface area contributed by atoms with Crippen LogP contribution in [0.25, 0.3) is 10.9 Å². The number of nitrogens with one attached hydrogen (secondary N) is 1. The molecule has 2 amide bonds. The van der Waals surface area contributed by atoms with Crippen LogP contribution >= 0.6 is 0 Å². The highest BCUT2D eigenvalue weighted by molar-refractivity contribution is 5.99. The van der Waals surface area contributed by atoms with Gasteiger partial charge in [-0.05, 0) is 30.9 Å². The molecule has 23 heavy (non-hydrogen) atoms. The van der Waals surface area contributed by atoms with Crippen molar-refractivity contribution in [3.8, 4) is 0 Å². The van der Waals surface area contributed by atoms with Crippen LogP contribution in [0.2, 0.25) is 0 Å². The third-order valence-electron chi connectivity index (χ3n) is 4.57. The topological polar surface area (TPSA) is 85.1 Å². The Hall–Kier alpha value is -2.43. The molecule has 1 saturated carbocycles. The molecule has 5 heteroatoms. The molecule has 1 aliphatic rings. The van der Waals surface area contributed by atoms with E-state index in [4.69, 9.17) is 5.73 Å². The monoisotopic (exact) mass is 311 g/mol. The van der Waals surface area contributed by atoms with Crippen molar-refractivity contribution in [2.24, 2.45) is 11.7 Å². The average Bonchev–Trinajstić information content (AvgIpc) is 2.59. The van der Waals surface area contributed by atoms with Crippen LogP contribution in [0.5, 0.6) is 0 Å². The van der Waals surface area contributed by atoms with E-state index in [0.29, 0.717) is 5.56 Å². The van der Waals surface area contributed by atoms with E-state index in [-0.39, 0.29) is 11.8 Å². The molecule has 0 spiro atoms. The Morgan fingerprint density at radius 2 is 1.91 bits per heavy atom. The Balaban J connectivity index is 1.78. The summed E-state index contributed by atoms with van der Waals surface area (Å²) < 4.78 is 0. The van der Waals surface area contributed by atoms with Crippen molar-refractivity contribution in [3.63, 3.8) is 0 Å². The molecule has 0 saturated heterocycles. The summed E-state index contributed by atoms with van der Waals surface area (Å²) >= 11 is 0. The van der Waals surface area contributed by atoms with Crippen LogP contribution < -0.4 is 11.1 Å². The van der Waals surface area contributed by atoms with Gasteiger partial charge in [0.25, 0.3) is 5.91 Å². The van der Waals surface area contributed by atoms with Gasteiger partial charge in [-0.2, -0.15) is 0 Å². The number of amides is 2. The summed E-state index contributed by atoms with van der Waals surface area (Å²) in [6.07, 6.45) is 6.76. The highest BCUT2D eigenvalue weighted by Gasteiger charge is 2.29. The second-order valence-corrected chi connectivity index (χ2v) is 6.17. The van der Waals surface area contributed by atoms with E-state index in [9.17, 15) is 9.59 Å². The normalized spacial score (nSPS) is 16.9. The molecule has 5 nitrogen and oxygen atoms in total. The molecule has 0 aliphatic heterocycles. The maximum Gasteiger partial charge on any atom is 0.253 e.